The number of aromatic nitrogens is 4. The van der Waals surface area contributed by atoms with E-state index in [1.165, 1.54) is 17.8 Å². The van der Waals surface area contributed by atoms with Crippen LogP contribution in [0.25, 0.3) is 11.2 Å². The van der Waals surface area contributed by atoms with Crippen LogP contribution in [0, 0.1) is 6.92 Å². The fraction of sp³-hybridized carbons (Fsp3) is 0.143. The van der Waals surface area contributed by atoms with E-state index in [-0.39, 0.29) is 22.9 Å². The predicted molar refractivity (Wildman–Crippen MR) is 123 cm³/mol. The number of phenolic OH excluding ortho intramolecular Hbond substituents is 1. The van der Waals surface area contributed by atoms with Gasteiger partial charge in [-0.3, -0.25) is 18.9 Å². The van der Waals surface area contributed by atoms with Gasteiger partial charge in [-0.2, -0.15) is 10.1 Å². The summed E-state index contributed by atoms with van der Waals surface area (Å²) in [6.07, 6.45) is 1.44. The Morgan fingerprint density at radius 2 is 1.97 bits per heavy atom. The van der Waals surface area contributed by atoms with E-state index in [4.69, 9.17) is 0 Å². The van der Waals surface area contributed by atoms with Crippen molar-refractivity contribution in [2.45, 2.75) is 13.5 Å². The quantitative estimate of drug-likeness (QED) is 0.298. The first-order chi connectivity index (χ1) is 14.8. The number of H-pyrrole nitrogens is 1. The summed E-state index contributed by atoms with van der Waals surface area (Å²) in [6, 6.07) is 12.9. The van der Waals surface area contributed by atoms with Crippen molar-refractivity contribution in [1.82, 2.24) is 19.1 Å². The molecule has 2 heterocycles. The normalized spacial score (nSPS) is 11.5. The maximum atomic E-state index is 12.6. The van der Waals surface area contributed by atoms with E-state index < -0.39 is 11.2 Å². The van der Waals surface area contributed by atoms with Crippen molar-refractivity contribution in [3.05, 3.63) is 84.5 Å². The van der Waals surface area contributed by atoms with Crippen molar-refractivity contribution >= 4 is 39.3 Å². The van der Waals surface area contributed by atoms with E-state index in [1.54, 1.807) is 22.8 Å². The molecule has 0 saturated carbocycles. The maximum Gasteiger partial charge on any atom is 0.329 e. The molecule has 0 bridgehead atoms. The van der Waals surface area contributed by atoms with E-state index in [1.807, 2.05) is 31.2 Å². The number of nitrogens with one attached hydrogen (secondary N) is 2. The highest BCUT2D eigenvalue weighted by molar-refractivity contribution is 9.10. The van der Waals surface area contributed by atoms with Crippen molar-refractivity contribution in [2.24, 2.45) is 12.1 Å². The van der Waals surface area contributed by atoms with Crippen molar-refractivity contribution in [2.75, 3.05) is 5.43 Å². The highest BCUT2D eigenvalue weighted by atomic mass is 79.9. The minimum absolute atomic E-state index is 0.0701. The van der Waals surface area contributed by atoms with Crippen LogP contribution in [0.4, 0.5) is 5.95 Å². The van der Waals surface area contributed by atoms with E-state index in [9.17, 15) is 14.7 Å². The van der Waals surface area contributed by atoms with Crippen LogP contribution >= 0.6 is 15.9 Å². The molecule has 4 aromatic rings. The fourth-order valence-corrected chi connectivity index (χ4v) is 3.52. The maximum absolute atomic E-state index is 12.6. The number of phenols is 1. The third-order valence-electron chi connectivity index (χ3n) is 4.83. The molecule has 0 atom stereocenters. The van der Waals surface area contributed by atoms with Gasteiger partial charge in [0.15, 0.2) is 11.2 Å². The van der Waals surface area contributed by atoms with Crippen LogP contribution in [-0.2, 0) is 13.6 Å². The van der Waals surface area contributed by atoms with Crippen molar-refractivity contribution in [1.29, 1.82) is 0 Å². The second kappa shape index (κ2) is 8.23. The molecule has 0 fully saturated rings. The lowest BCUT2D eigenvalue weighted by molar-refractivity contribution is 0.474. The summed E-state index contributed by atoms with van der Waals surface area (Å²) in [4.78, 5) is 31.3. The molecule has 0 spiro atoms. The van der Waals surface area contributed by atoms with Crippen LogP contribution in [0.15, 0.2) is 61.6 Å². The summed E-state index contributed by atoms with van der Waals surface area (Å²) >= 11 is 3.35. The van der Waals surface area contributed by atoms with Crippen molar-refractivity contribution in [3.8, 4) is 5.75 Å². The Kier molecular flexibility index (Phi) is 5.47. The van der Waals surface area contributed by atoms with Crippen LogP contribution < -0.4 is 16.7 Å². The largest absolute Gasteiger partial charge is 0.507 e. The predicted octanol–water partition coefficient (Wildman–Crippen LogP) is 2.69. The molecule has 2 aromatic carbocycles. The minimum Gasteiger partial charge on any atom is -0.507 e. The monoisotopic (exact) mass is 482 g/mol. The van der Waals surface area contributed by atoms with Crippen LogP contribution in [0.1, 0.15) is 16.7 Å². The molecule has 31 heavy (non-hydrogen) atoms. The van der Waals surface area contributed by atoms with Gasteiger partial charge in [0.05, 0.1) is 12.8 Å². The zero-order valence-corrected chi connectivity index (χ0v) is 18.3. The number of nitrogens with zero attached hydrogens (tertiary/aromatic N) is 4. The zero-order valence-electron chi connectivity index (χ0n) is 16.8. The molecule has 158 valence electrons. The molecule has 0 aliphatic carbocycles. The van der Waals surface area contributed by atoms with Crippen LogP contribution in [0.5, 0.6) is 5.75 Å². The Morgan fingerprint density at radius 1 is 1.23 bits per heavy atom. The molecule has 4 rings (SSSR count). The second-order valence-corrected chi connectivity index (χ2v) is 7.99. The number of benzene rings is 2. The number of aryl methyl sites for hydroxylation is 2. The molecular weight excluding hydrogens is 464 g/mol. The fourth-order valence-electron chi connectivity index (χ4n) is 3.14. The Labute approximate surface area is 184 Å². The number of anilines is 1. The van der Waals surface area contributed by atoms with Crippen LogP contribution in [0.2, 0.25) is 0 Å². The van der Waals surface area contributed by atoms with Gasteiger partial charge in [0.2, 0.25) is 5.95 Å². The summed E-state index contributed by atoms with van der Waals surface area (Å²) in [5, 5.41) is 14.1. The summed E-state index contributed by atoms with van der Waals surface area (Å²) in [6.45, 7) is 2.34. The first-order valence-corrected chi connectivity index (χ1v) is 10.2. The first kappa shape index (κ1) is 20.6. The van der Waals surface area contributed by atoms with E-state index in [0.29, 0.717) is 12.1 Å². The molecule has 10 heteroatoms. The van der Waals surface area contributed by atoms with Gasteiger partial charge in [0.1, 0.15) is 5.75 Å². The van der Waals surface area contributed by atoms with Crippen molar-refractivity contribution < 1.29 is 5.11 Å². The Morgan fingerprint density at radius 3 is 2.71 bits per heavy atom. The molecule has 0 aliphatic heterocycles. The van der Waals surface area contributed by atoms with Gasteiger partial charge >= 0.3 is 5.69 Å². The number of hydrogen-bond donors (Lipinski definition) is 3. The van der Waals surface area contributed by atoms with E-state index in [2.05, 4.69) is 36.4 Å². The van der Waals surface area contributed by atoms with E-state index in [0.717, 1.165) is 15.6 Å². The van der Waals surface area contributed by atoms with Gasteiger partial charge in [-0.15, -0.1) is 0 Å². The number of aromatic amines is 1. The topological polar surface area (TPSA) is 117 Å². The number of imidazole rings is 1. The number of hydrazone groups is 1. The van der Waals surface area contributed by atoms with Gasteiger partial charge in [0, 0.05) is 17.1 Å². The smallest absolute Gasteiger partial charge is 0.329 e. The minimum atomic E-state index is -0.549. The van der Waals surface area contributed by atoms with E-state index >= 15 is 0 Å². The van der Waals surface area contributed by atoms with Gasteiger partial charge in [-0.1, -0.05) is 45.8 Å². The first-order valence-electron chi connectivity index (χ1n) is 9.36. The number of hydrogen-bond acceptors (Lipinski definition) is 6. The van der Waals surface area contributed by atoms with Crippen molar-refractivity contribution in [3.63, 3.8) is 0 Å². The lowest BCUT2D eigenvalue weighted by atomic mass is 10.1. The average Bonchev–Trinajstić information content (AvgIpc) is 3.09. The molecule has 0 aliphatic rings. The standard InChI is InChI=1S/C21H19BrN6O3/c1-12-3-5-13(6-4-12)11-28-17-18(27(2)21(31)25-19(17)30)24-20(28)26-23-10-14-9-15(22)7-8-16(14)29/h3-10,29H,11H2,1-2H3,(H,24,26)(H,25,30,31)/b23-10-. The molecule has 2 aromatic heterocycles. The molecule has 0 amide bonds. The Hall–Kier alpha value is -3.66. The lowest BCUT2D eigenvalue weighted by Crippen LogP contribution is -2.29. The number of fused-ring (bicyclic) bond motifs is 1. The Bertz CT molecular complexity index is 1420. The Balaban J connectivity index is 1.78. The molecule has 9 nitrogen and oxygen atoms in total. The lowest BCUT2D eigenvalue weighted by Gasteiger charge is -2.09. The van der Waals surface area contributed by atoms with Gasteiger partial charge in [0.25, 0.3) is 5.56 Å². The average molecular weight is 483 g/mol. The third-order valence-corrected chi connectivity index (χ3v) is 5.32. The molecule has 0 radical (unpaired) electrons. The highest BCUT2D eigenvalue weighted by Crippen LogP contribution is 2.21. The summed E-state index contributed by atoms with van der Waals surface area (Å²) in [7, 11) is 1.54. The third kappa shape index (κ3) is 4.15. The zero-order chi connectivity index (χ0) is 22.1. The summed E-state index contributed by atoms with van der Waals surface area (Å²) in [5.74, 6) is 0.355. The number of halogens is 1. The molecule has 3 N–H and O–H groups in total. The molecule has 0 unspecified atom stereocenters. The number of rotatable bonds is 5. The number of aromatic hydroxyl groups is 1. The second-order valence-electron chi connectivity index (χ2n) is 7.07. The van der Waals surface area contributed by atoms with Gasteiger partial charge in [-0.05, 0) is 30.7 Å². The summed E-state index contributed by atoms with van der Waals surface area (Å²) in [5.41, 5.74) is 4.82. The van der Waals surface area contributed by atoms with Gasteiger partial charge < -0.3 is 5.11 Å². The summed E-state index contributed by atoms with van der Waals surface area (Å²) < 4.78 is 3.73. The SMILES string of the molecule is Cc1ccc(Cn2c(N/N=C\c3cc(Br)ccc3O)nc3c2c(=O)[nH]c(=O)n3C)cc1. The van der Waals surface area contributed by atoms with Gasteiger partial charge in [-0.25, -0.2) is 10.2 Å². The van der Waals surface area contributed by atoms with Crippen LogP contribution in [-0.4, -0.2) is 30.4 Å². The molecular formula is C21H19BrN6O3. The highest BCUT2D eigenvalue weighted by Gasteiger charge is 2.17. The van der Waals surface area contributed by atoms with Crippen LogP contribution in [0.3, 0.4) is 0 Å². The molecule has 0 saturated heterocycles.